The topological polar surface area (TPSA) is 86.0 Å². The summed E-state index contributed by atoms with van der Waals surface area (Å²) in [5.74, 6) is -1.12. The van der Waals surface area contributed by atoms with Gasteiger partial charge < -0.3 is 5.32 Å². The van der Waals surface area contributed by atoms with Crippen LogP contribution in [0.1, 0.15) is 35.0 Å². The van der Waals surface area contributed by atoms with E-state index in [1.54, 1.807) is 19.1 Å². The van der Waals surface area contributed by atoms with Crippen molar-refractivity contribution in [2.45, 2.75) is 26.8 Å². The second kappa shape index (κ2) is 9.04. The normalized spacial score (nSPS) is 10.8. The lowest BCUT2D eigenvalue weighted by Crippen LogP contribution is -2.46. The van der Waals surface area contributed by atoms with E-state index in [1.807, 2.05) is 6.92 Å². The first-order valence-electron chi connectivity index (χ1n) is 9.35. The molecule has 7 nitrogen and oxygen atoms in total. The van der Waals surface area contributed by atoms with Crippen LogP contribution < -0.4 is 16.6 Å². The van der Waals surface area contributed by atoms with Crippen LogP contribution in [0.15, 0.2) is 52.1 Å². The molecule has 0 spiro atoms. The Morgan fingerprint density at radius 2 is 1.87 bits per heavy atom. The Kier molecular flexibility index (Phi) is 6.47. The molecular weight excluding hydrogens is 411 g/mol. The number of carbonyl (C=O) groups excluding carboxylic acids is 1. The Morgan fingerprint density at radius 3 is 2.50 bits per heavy atom. The fraction of sp³-hybridized carbons (Fsp3) is 0.238. The zero-order valence-electron chi connectivity index (χ0n) is 16.5. The molecular formula is C21H20ClFN4O3. The third kappa shape index (κ3) is 4.49. The second-order valence-corrected chi connectivity index (χ2v) is 7.16. The van der Waals surface area contributed by atoms with Gasteiger partial charge in [-0.2, -0.15) is 9.78 Å². The third-order valence-corrected chi connectivity index (χ3v) is 4.87. The first kappa shape index (κ1) is 21.4. The molecule has 1 aromatic heterocycles. The lowest BCUT2D eigenvalue weighted by molar-refractivity contribution is 0.0944. The lowest BCUT2D eigenvalue weighted by atomic mass is 10.2. The molecule has 0 unspecified atom stereocenters. The van der Waals surface area contributed by atoms with Gasteiger partial charge in [-0.15, -0.1) is 0 Å². The maximum Gasteiger partial charge on any atom is 0.352 e. The number of aromatic nitrogens is 3. The van der Waals surface area contributed by atoms with Gasteiger partial charge >= 0.3 is 5.69 Å². The fourth-order valence-electron chi connectivity index (χ4n) is 2.77. The van der Waals surface area contributed by atoms with Gasteiger partial charge in [0.05, 0.1) is 12.2 Å². The highest BCUT2D eigenvalue weighted by atomic mass is 35.5. The summed E-state index contributed by atoms with van der Waals surface area (Å²) >= 11 is 6.18. The van der Waals surface area contributed by atoms with Crippen LogP contribution in [0.3, 0.4) is 0 Å². The van der Waals surface area contributed by atoms with Gasteiger partial charge in [0.2, 0.25) is 5.69 Å². The predicted molar refractivity (Wildman–Crippen MR) is 112 cm³/mol. The zero-order chi connectivity index (χ0) is 21.8. The minimum Gasteiger partial charge on any atom is -0.350 e. The standard InChI is InChI=1S/C21H20ClFN4O3/c1-3-10-24-19(28)18-20(29)26(12-14-5-7-15(23)8-6-14)21(30)27(25-18)16-9-4-13(2)17(22)11-16/h4-9,11H,3,10,12H2,1-2H3,(H,24,28). The summed E-state index contributed by atoms with van der Waals surface area (Å²) in [6.45, 7) is 3.89. The number of halogens is 2. The summed E-state index contributed by atoms with van der Waals surface area (Å²) in [5, 5.41) is 7.03. The summed E-state index contributed by atoms with van der Waals surface area (Å²) in [6.07, 6.45) is 0.669. The maximum atomic E-state index is 13.2. The average Bonchev–Trinajstić information content (AvgIpc) is 2.73. The van der Waals surface area contributed by atoms with Crippen molar-refractivity contribution in [1.82, 2.24) is 19.7 Å². The van der Waals surface area contributed by atoms with Gasteiger partial charge in [-0.3, -0.25) is 14.2 Å². The summed E-state index contributed by atoms with van der Waals surface area (Å²) in [7, 11) is 0. The molecule has 9 heteroatoms. The van der Waals surface area contributed by atoms with Crippen LogP contribution in [0.2, 0.25) is 5.02 Å². The molecule has 0 saturated carbocycles. The molecule has 30 heavy (non-hydrogen) atoms. The van der Waals surface area contributed by atoms with Crippen LogP contribution in [0, 0.1) is 12.7 Å². The van der Waals surface area contributed by atoms with E-state index in [4.69, 9.17) is 11.6 Å². The first-order valence-corrected chi connectivity index (χ1v) is 9.73. The monoisotopic (exact) mass is 430 g/mol. The van der Waals surface area contributed by atoms with E-state index in [0.717, 1.165) is 14.8 Å². The van der Waals surface area contributed by atoms with Gasteiger partial charge in [-0.1, -0.05) is 36.7 Å². The van der Waals surface area contributed by atoms with Crippen molar-refractivity contribution in [3.63, 3.8) is 0 Å². The zero-order valence-corrected chi connectivity index (χ0v) is 17.2. The van der Waals surface area contributed by atoms with E-state index in [-0.39, 0.29) is 6.54 Å². The SMILES string of the molecule is CCCNC(=O)c1nn(-c2ccc(C)c(Cl)c2)c(=O)n(Cc2ccc(F)cc2)c1=O. The number of rotatable bonds is 6. The molecule has 3 aromatic rings. The third-order valence-electron chi connectivity index (χ3n) is 4.46. The van der Waals surface area contributed by atoms with E-state index >= 15 is 0 Å². The first-order chi connectivity index (χ1) is 14.3. The van der Waals surface area contributed by atoms with E-state index in [0.29, 0.717) is 29.2 Å². The highest BCUT2D eigenvalue weighted by Crippen LogP contribution is 2.18. The molecule has 0 fully saturated rings. The van der Waals surface area contributed by atoms with Crippen LogP contribution in [-0.2, 0) is 6.54 Å². The molecule has 0 aliphatic rings. The van der Waals surface area contributed by atoms with Gasteiger partial charge in [0.1, 0.15) is 5.82 Å². The molecule has 156 valence electrons. The van der Waals surface area contributed by atoms with Crippen LogP contribution in [0.4, 0.5) is 4.39 Å². The molecule has 0 atom stereocenters. The lowest BCUT2D eigenvalue weighted by Gasteiger charge is -2.13. The minimum absolute atomic E-state index is 0.145. The quantitative estimate of drug-likeness (QED) is 0.651. The largest absolute Gasteiger partial charge is 0.352 e. The maximum absolute atomic E-state index is 13.2. The number of hydrogen-bond donors (Lipinski definition) is 1. The van der Waals surface area contributed by atoms with Gasteiger partial charge in [-0.25, -0.2) is 9.18 Å². The molecule has 1 N–H and O–H groups in total. The van der Waals surface area contributed by atoms with E-state index in [2.05, 4.69) is 10.4 Å². The van der Waals surface area contributed by atoms with Crippen LogP contribution >= 0.6 is 11.6 Å². The van der Waals surface area contributed by atoms with E-state index in [9.17, 15) is 18.8 Å². The summed E-state index contributed by atoms with van der Waals surface area (Å²) in [6, 6.07) is 10.3. The van der Waals surface area contributed by atoms with Crippen molar-refractivity contribution in [3.8, 4) is 5.69 Å². The van der Waals surface area contributed by atoms with Crippen LogP contribution in [0.5, 0.6) is 0 Å². The number of nitrogens with zero attached hydrogens (tertiary/aromatic N) is 3. The van der Waals surface area contributed by atoms with Crippen LogP contribution in [0.25, 0.3) is 5.69 Å². The van der Waals surface area contributed by atoms with Crippen molar-refractivity contribution in [3.05, 3.63) is 91.0 Å². The molecule has 1 heterocycles. The van der Waals surface area contributed by atoms with Crippen molar-refractivity contribution in [2.75, 3.05) is 6.54 Å². The summed E-state index contributed by atoms with van der Waals surface area (Å²) < 4.78 is 15.1. The number of aryl methyl sites for hydroxylation is 1. The molecule has 3 rings (SSSR count). The smallest absolute Gasteiger partial charge is 0.350 e. The molecule has 0 bridgehead atoms. The van der Waals surface area contributed by atoms with Gasteiger partial charge in [0, 0.05) is 11.6 Å². The highest BCUT2D eigenvalue weighted by Gasteiger charge is 2.20. The fourth-order valence-corrected chi connectivity index (χ4v) is 2.95. The van der Waals surface area contributed by atoms with Gasteiger partial charge in [0.15, 0.2) is 0 Å². The van der Waals surface area contributed by atoms with Gasteiger partial charge in [0.25, 0.3) is 11.5 Å². The predicted octanol–water partition coefficient (Wildman–Crippen LogP) is 2.68. The number of carbonyl (C=O) groups is 1. The Labute approximate surface area is 176 Å². The van der Waals surface area contributed by atoms with Crippen molar-refractivity contribution in [1.29, 1.82) is 0 Å². The van der Waals surface area contributed by atoms with Crippen molar-refractivity contribution < 1.29 is 9.18 Å². The average molecular weight is 431 g/mol. The van der Waals surface area contributed by atoms with E-state index in [1.165, 1.54) is 30.3 Å². The Balaban J connectivity index is 2.19. The molecule has 0 saturated heterocycles. The Morgan fingerprint density at radius 1 is 1.17 bits per heavy atom. The molecule has 1 amide bonds. The van der Waals surface area contributed by atoms with Gasteiger partial charge in [-0.05, 0) is 48.7 Å². The number of hydrogen-bond acceptors (Lipinski definition) is 4. The molecule has 0 radical (unpaired) electrons. The Bertz CT molecular complexity index is 1200. The summed E-state index contributed by atoms with van der Waals surface area (Å²) in [4.78, 5) is 38.5. The second-order valence-electron chi connectivity index (χ2n) is 6.75. The molecule has 0 aliphatic heterocycles. The molecule has 2 aromatic carbocycles. The summed E-state index contributed by atoms with van der Waals surface area (Å²) in [5.41, 5.74) is -0.345. The number of amides is 1. The van der Waals surface area contributed by atoms with Crippen molar-refractivity contribution in [2.24, 2.45) is 0 Å². The van der Waals surface area contributed by atoms with Crippen molar-refractivity contribution >= 4 is 17.5 Å². The number of nitrogens with one attached hydrogen (secondary N) is 1. The minimum atomic E-state index is -0.826. The van der Waals surface area contributed by atoms with E-state index < -0.39 is 28.7 Å². The number of benzene rings is 2. The molecule has 0 aliphatic carbocycles. The Hall–Kier alpha value is -3.26. The highest BCUT2D eigenvalue weighted by molar-refractivity contribution is 6.31. The van der Waals surface area contributed by atoms with Crippen LogP contribution in [-0.4, -0.2) is 26.8 Å².